The molecule has 0 aliphatic heterocycles. The van der Waals surface area contributed by atoms with Crippen molar-refractivity contribution in [1.29, 1.82) is 0 Å². The number of carbonyl (C=O) groups is 1. The predicted octanol–water partition coefficient (Wildman–Crippen LogP) is 2.62. The van der Waals surface area contributed by atoms with Gasteiger partial charge >= 0.3 is 0 Å². The average molecular weight is 292 g/mol. The minimum absolute atomic E-state index is 0.00413. The van der Waals surface area contributed by atoms with E-state index < -0.39 is 0 Å². The molecule has 6 heteroatoms. The standard InChI is InChI=1S/C14H16N2O3S/c1-10-7-15-14(20-10)16-13(17)9-19-8-11-4-3-5-12(6-11)18-2/h3-7H,8-9H2,1-2H3,(H,15,16,17). The van der Waals surface area contributed by atoms with Crippen LogP contribution in [0, 0.1) is 6.92 Å². The predicted molar refractivity (Wildman–Crippen MR) is 78.1 cm³/mol. The number of aromatic nitrogens is 1. The molecule has 0 fully saturated rings. The van der Waals surface area contributed by atoms with Crippen molar-refractivity contribution in [3.63, 3.8) is 0 Å². The molecule has 106 valence electrons. The average Bonchev–Trinajstić information content (AvgIpc) is 2.84. The highest BCUT2D eigenvalue weighted by atomic mass is 32.1. The van der Waals surface area contributed by atoms with Gasteiger partial charge in [0, 0.05) is 11.1 Å². The van der Waals surface area contributed by atoms with Gasteiger partial charge in [-0.25, -0.2) is 4.98 Å². The van der Waals surface area contributed by atoms with Crippen LogP contribution in [0.3, 0.4) is 0 Å². The third-order valence-electron chi connectivity index (χ3n) is 2.50. The molecule has 2 aromatic rings. The molecule has 5 nitrogen and oxygen atoms in total. The molecular formula is C14H16N2O3S. The molecule has 1 aromatic carbocycles. The molecule has 0 aliphatic carbocycles. The SMILES string of the molecule is COc1cccc(COCC(=O)Nc2ncc(C)s2)c1. The number of anilines is 1. The summed E-state index contributed by atoms with van der Waals surface area (Å²) in [4.78, 5) is 16.8. The number of thiazole rings is 1. The number of carbonyl (C=O) groups excluding carboxylic acids is 1. The van der Waals surface area contributed by atoms with Crippen molar-refractivity contribution in [3.8, 4) is 5.75 Å². The van der Waals surface area contributed by atoms with Crippen LogP contribution in [0.1, 0.15) is 10.4 Å². The second-order valence-corrected chi connectivity index (χ2v) is 5.40. The summed E-state index contributed by atoms with van der Waals surface area (Å²) in [6, 6.07) is 7.55. The van der Waals surface area contributed by atoms with Gasteiger partial charge in [0.1, 0.15) is 12.4 Å². The van der Waals surface area contributed by atoms with E-state index in [1.807, 2.05) is 31.2 Å². The Morgan fingerprint density at radius 1 is 1.45 bits per heavy atom. The highest BCUT2D eigenvalue weighted by Gasteiger charge is 2.05. The molecule has 1 aromatic heterocycles. The molecule has 2 rings (SSSR count). The van der Waals surface area contributed by atoms with E-state index >= 15 is 0 Å². The molecule has 0 radical (unpaired) electrons. The van der Waals surface area contributed by atoms with Gasteiger partial charge in [-0.1, -0.05) is 12.1 Å². The van der Waals surface area contributed by atoms with Gasteiger partial charge in [-0.05, 0) is 24.6 Å². The van der Waals surface area contributed by atoms with Crippen LogP contribution in [0.15, 0.2) is 30.5 Å². The fourth-order valence-corrected chi connectivity index (χ4v) is 2.27. The van der Waals surface area contributed by atoms with Crippen molar-refractivity contribution in [2.75, 3.05) is 19.0 Å². The Bertz CT molecular complexity index is 583. The van der Waals surface area contributed by atoms with E-state index in [1.165, 1.54) is 11.3 Å². The molecule has 1 N–H and O–H groups in total. The van der Waals surface area contributed by atoms with E-state index in [1.54, 1.807) is 13.3 Å². The lowest BCUT2D eigenvalue weighted by Gasteiger charge is -2.06. The third kappa shape index (κ3) is 4.32. The monoisotopic (exact) mass is 292 g/mol. The number of amides is 1. The number of hydrogen-bond acceptors (Lipinski definition) is 5. The lowest BCUT2D eigenvalue weighted by atomic mass is 10.2. The first-order valence-corrected chi connectivity index (χ1v) is 6.92. The van der Waals surface area contributed by atoms with Gasteiger partial charge in [-0.15, -0.1) is 11.3 Å². The van der Waals surface area contributed by atoms with Crippen LogP contribution in [-0.4, -0.2) is 24.6 Å². The molecule has 0 unspecified atom stereocenters. The van der Waals surface area contributed by atoms with E-state index in [2.05, 4.69) is 10.3 Å². The zero-order chi connectivity index (χ0) is 14.4. The molecular weight excluding hydrogens is 276 g/mol. The van der Waals surface area contributed by atoms with E-state index in [0.717, 1.165) is 16.2 Å². The van der Waals surface area contributed by atoms with Crippen LogP contribution in [0.4, 0.5) is 5.13 Å². The molecule has 20 heavy (non-hydrogen) atoms. The molecule has 0 aliphatic rings. The number of rotatable bonds is 6. The molecule has 0 spiro atoms. The zero-order valence-corrected chi connectivity index (χ0v) is 12.2. The summed E-state index contributed by atoms with van der Waals surface area (Å²) >= 11 is 1.44. The Hall–Kier alpha value is -1.92. The minimum atomic E-state index is -0.206. The van der Waals surface area contributed by atoms with Crippen molar-refractivity contribution in [3.05, 3.63) is 40.9 Å². The minimum Gasteiger partial charge on any atom is -0.497 e. The fourth-order valence-electron chi connectivity index (χ4n) is 1.59. The number of hydrogen-bond donors (Lipinski definition) is 1. The number of nitrogens with one attached hydrogen (secondary N) is 1. The molecule has 0 bridgehead atoms. The van der Waals surface area contributed by atoms with Crippen LogP contribution in [0.5, 0.6) is 5.75 Å². The summed E-state index contributed by atoms with van der Waals surface area (Å²) in [6.07, 6.45) is 1.72. The maximum atomic E-state index is 11.6. The number of methoxy groups -OCH3 is 1. The van der Waals surface area contributed by atoms with Crippen molar-refractivity contribution in [2.45, 2.75) is 13.5 Å². The summed E-state index contributed by atoms with van der Waals surface area (Å²) in [7, 11) is 1.61. The van der Waals surface area contributed by atoms with E-state index in [9.17, 15) is 4.79 Å². The Labute approximate surface area is 121 Å². The molecule has 1 amide bonds. The van der Waals surface area contributed by atoms with Gasteiger partial charge in [0.15, 0.2) is 5.13 Å². The van der Waals surface area contributed by atoms with Crippen LogP contribution < -0.4 is 10.1 Å². The lowest BCUT2D eigenvalue weighted by Crippen LogP contribution is -2.18. The second-order valence-electron chi connectivity index (χ2n) is 4.17. The lowest BCUT2D eigenvalue weighted by molar-refractivity contribution is -0.121. The number of benzene rings is 1. The van der Waals surface area contributed by atoms with Gasteiger partial charge in [-0.2, -0.15) is 0 Å². The topological polar surface area (TPSA) is 60.5 Å². The Morgan fingerprint density at radius 2 is 2.30 bits per heavy atom. The number of ether oxygens (including phenoxy) is 2. The van der Waals surface area contributed by atoms with Crippen LogP contribution in [0.2, 0.25) is 0 Å². The normalized spacial score (nSPS) is 10.3. The first kappa shape index (κ1) is 14.5. The van der Waals surface area contributed by atoms with Crippen molar-refractivity contribution in [1.82, 2.24) is 4.98 Å². The largest absolute Gasteiger partial charge is 0.497 e. The summed E-state index contributed by atoms with van der Waals surface area (Å²) < 4.78 is 10.5. The molecule has 0 saturated heterocycles. The molecule has 0 atom stereocenters. The zero-order valence-electron chi connectivity index (χ0n) is 11.4. The summed E-state index contributed by atoms with van der Waals surface area (Å²) in [5.74, 6) is 0.566. The van der Waals surface area contributed by atoms with Crippen LogP contribution >= 0.6 is 11.3 Å². The Balaban J connectivity index is 1.76. The van der Waals surface area contributed by atoms with E-state index in [4.69, 9.17) is 9.47 Å². The maximum absolute atomic E-state index is 11.6. The van der Waals surface area contributed by atoms with E-state index in [0.29, 0.717) is 11.7 Å². The van der Waals surface area contributed by atoms with Crippen molar-refractivity contribution in [2.24, 2.45) is 0 Å². The quantitative estimate of drug-likeness (QED) is 0.889. The van der Waals surface area contributed by atoms with Gasteiger partial charge in [-0.3, -0.25) is 10.1 Å². The van der Waals surface area contributed by atoms with E-state index in [-0.39, 0.29) is 12.5 Å². The van der Waals surface area contributed by atoms with Gasteiger partial charge in [0.25, 0.3) is 5.91 Å². The summed E-state index contributed by atoms with van der Waals surface area (Å²) in [6.45, 7) is 2.30. The Kier molecular flexibility index (Phi) is 5.09. The second kappa shape index (κ2) is 7.02. The molecule has 0 saturated carbocycles. The number of aryl methyl sites for hydroxylation is 1. The van der Waals surface area contributed by atoms with Gasteiger partial charge in [0.2, 0.25) is 0 Å². The van der Waals surface area contributed by atoms with Crippen molar-refractivity contribution >= 4 is 22.4 Å². The first-order chi connectivity index (χ1) is 9.67. The van der Waals surface area contributed by atoms with Gasteiger partial charge < -0.3 is 9.47 Å². The smallest absolute Gasteiger partial charge is 0.252 e. The maximum Gasteiger partial charge on any atom is 0.252 e. The number of nitrogens with zero attached hydrogens (tertiary/aromatic N) is 1. The highest BCUT2D eigenvalue weighted by molar-refractivity contribution is 7.15. The van der Waals surface area contributed by atoms with Crippen LogP contribution in [-0.2, 0) is 16.1 Å². The first-order valence-electron chi connectivity index (χ1n) is 6.10. The highest BCUT2D eigenvalue weighted by Crippen LogP contribution is 2.16. The van der Waals surface area contributed by atoms with Gasteiger partial charge in [0.05, 0.1) is 13.7 Å². The Morgan fingerprint density at radius 3 is 3.00 bits per heavy atom. The van der Waals surface area contributed by atoms with Crippen molar-refractivity contribution < 1.29 is 14.3 Å². The third-order valence-corrected chi connectivity index (χ3v) is 3.33. The van der Waals surface area contributed by atoms with Crippen LogP contribution in [0.25, 0.3) is 0 Å². The molecule has 1 heterocycles. The summed E-state index contributed by atoms with van der Waals surface area (Å²) in [5, 5.41) is 3.29. The summed E-state index contributed by atoms with van der Waals surface area (Å²) in [5.41, 5.74) is 0.960. The fraction of sp³-hybridized carbons (Fsp3) is 0.286.